The Balaban J connectivity index is 1.95. The maximum atomic E-state index is 11.9. The highest BCUT2D eigenvalue weighted by atomic mass is 32.2. The molecule has 1 aromatic heterocycles. The van der Waals surface area contributed by atoms with Gasteiger partial charge in [0, 0.05) is 23.7 Å². The van der Waals surface area contributed by atoms with Crippen molar-refractivity contribution in [3.05, 3.63) is 47.8 Å². The standard InChI is InChI=1S/C13H14N2OS/c1-10-3-5-11(6-4-10)13(16)9-17-12-7-14-15(2)8-12/h3-8H,9H2,1-2H3. The zero-order chi connectivity index (χ0) is 12.3. The molecule has 0 saturated carbocycles. The lowest BCUT2D eigenvalue weighted by Gasteiger charge is -2.00. The lowest BCUT2D eigenvalue weighted by atomic mass is 10.1. The Labute approximate surface area is 105 Å². The summed E-state index contributed by atoms with van der Waals surface area (Å²) in [6.07, 6.45) is 3.68. The van der Waals surface area contributed by atoms with Crippen LogP contribution in [-0.4, -0.2) is 21.3 Å². The molecule has 1 heterocycles. The van der Waals surface area contributed by atoms with Gasteiger partial charge in [0.15, 0.2) is 5.78 Å². The van der Waals surface area contributed by atoms with Crippen molar-refractivity contribution in [1.29, 1.82) is 0 Å². The molecule has 0 aliphatic rings. The van der Waals surface area contributed by atoms with Gasteiger partial charge in [-0.1, -0.05) is 29.8 Å². The van der Waals surface area contributed by atoms with E-state index in [4.69, 9.17) is 0 Å². The monoisotopic (exact) mass is 246 g/mol. The molecular formula is C13H14N2OS. The van der Waals surface area contributed by atoms with Gasteiger partial charge < -0.3 is 0 Å². The SMILES string of the molecule is Cc1ccc(C(=O)CSc2cnn(C)c2)cc1. The van der Waals surface area contributed by atoms with Crippen LogP contribution < -0.4 is 0 Å². The minimum absolute atomic E-state index is 0.152. The zero-order valence-electron chi connectivity index (χ0n) is 9.88. The molecule has 0 radical (unpaired) electrons. The minimum Gasteiger partial charge on any atom is -0.293 e. The summed E-state index contributed by atoms with van der Waals surface area (Å²) in [7, 11) is 1.87. The van der Waals surface area contributed by atoms with Gasteiger partial charge in [-0.3, -0.25) is 9.48 Å². The maximum Gasteiger partial charge on any atom is 0.173 e. The van der Waals surface area contributed by atoms with E-state index in [1.165, 1.54) is 17.3 Å². The van der Waals surface area contributed by atoms with Crippen molar-refractivity contribution in [2.75, 3.05) is 5.75 Å². The third kappa shape index (κ3) is 3.20. The molecule has 0 unspecified atom stereocenters. The second-order valence-corrected chi connectivity index (χ2v) is 4.98. The predicted octanol–water partition coefficient (Wildman–Crippen LogP) is 2.70. The van der Waals surface area contributed by atoms with Gasteiger partial charge in [-0.15, -0.1) is 11.8 Å². The van der Waals surface area contributed by atoms with E-state index in [0.29, 0.717) is 5.75 Å². The summed E-state index contributed by atoms with van der Waals surface area (Å²) in [5, 5.41) is 4.06. The highest BCUT2D eigenvalue weighted by molar-refractivity contribution is 8.00. The van der Waals surface area contributed by atoms with Gasteiger partial charge in [-0.05, 0) is 6.92 Å². The van der Waals surface area contributed by atoms with Gasteiger partial charge in [-0.25, -0.2) is 0 Å². The Morgan fingerprint density at radius 2 is 2.06 bits per heavy atom. The molecular weight excluding hydrogens is 232 g/mol. The van der Waals surface area contributed by atoms with E-state index < -0.39 is 0 Å². The predicted molar refractivity (Wildman–Crippen MR) is 69.4 cm³/mol. The molecule has 0 bridgehead atoms. The Morgan fingerprint density at radius 1 is 1.35 bits per heavy atom. The van der Waals surface area contributed by atoms with Crippen molar-refractivity contribution in [1.82, 2.24) is 9.78 Å². The zero-order valence-corrected chi connectivity index (χ0v) is 10.7. The van der Waals surface area contributed by atoms with E-state index >= 15 is 0 Å². The summed E-state index contributed by atoms with van der Waals surface area (Å²) >= 11 is 1.52. The van der Waals surface area contributed by atoms with Gasteiger partial charge in [-0.2, -0.15) is 5.10 Å². The highest BCUT2D eigenvalue weighted by Crippen LogP contribution is 2.18. The first-order valence-electron chi connectivity index (χ1n) is 5.36. The Morgan fingerprint density at radius 3 is 2.65 bits per heavy atom. The van der Waals surface area contributed by atoms with Crippen LogP contribution in [0.4, 0.5) is 0 Å². The number of carbonyl (C=O) groups is 1. The van der Waals surface area contributed by atoms with Crippen LogP contribution in [0.1, 0.15) is 15.9 Å². The number of benzene rings is 1. The maximum absolute atomic E-state index is 11.9. The molecule has 0 atom stereocenters. The van der Waals surface area contributed by atoms with Gasteiger partial charge in [0.1, 0.15) is 0 Å². The Bertz CT molecular complexity index is 516. The third-order valence-electron chi connectivity index (χ3n) is 2.42. The molecule has 0 aliphatic heterocycles. The largest absolute Gasteiger partial charge is 0.293 e. The molecule has 0 aliphatic carbocycles. The molecule has 17 heavy (non-hydrogen) atoms. The van der Waals surface area contributed by atoms with E-state index in [-0.39, 0.29) is 5.78 Å². The quantitative estimate of drug-likeness (QED) is 0.614. The first-order valence-corrected chi connectivity index (χ1v) is 6.35. The second-order valence-electron chi connectivity index (χ2n) is 3.93. The summed E-state index contributed by atoms with van der Waals surface area (Å²) < 4.78 is 1.73. The lowest BCUT2D eigenvalue weighted by molar-refractivity contribution is 0.102. The number of carbonyl (C=O) groups excluding carboxylic acids is 1. The summed E-state index contributed by atoms with van der Waals surface area (Å²) in [5.41, 5.74) is 1.94. The van der Waals surface area contributed by atoms with E-state index in [1.807, 2.05) is 44.4 Å². The molecule has 0 spiro atoms. The molecule has 0 amide bonds. The van der Waals surface area contributed by atoms with Crippen LogP contribution in [0.3, 0.4) is 0 Å². The van der Waals surface area contributed by atoms with Crippen LogP contribution in [0.25, 0.3) is 0 Å². The van der Waals surface area contributed by atoms with Crippen molar-refractivity contribution >= 4 is 17.5 Å². The normalized spacial score (nSPS) is 10.5. The van der Waals surface area contributed by atoms with Crippen LogP contribution in [-0.2, 0) is 7.05 Å². The van der Waals surface area contributed by atoms with Gasteiger partial charge in [0.25, 0.3) is 0 Å². The van der Waals surface area contributed by atoms with Crippen molar-refractivity contribution in [3.8, 4) is 0 Å². The average Bonchev–Trinajstić information content (AvgIpc) is 2.73. The van der Waals surface area contributed by atoms with Crippen LogP contribution in [0.2, 0.25) is 0 Å². The van der Waals surface area contributed by atoms with Crippen LogP contribution in [0.15, 0.2) is 41.6 Å². The van der Waals surface area contributed by atoms with Crippen LogP contribution in [0, 0.1) is 6.92 Å². The molecule has 88 valence electrons. The highest BCUT2D eigenvalue weighted by Gasteiger charge is 2.06. The van der Waals surface area contributed by atoms with Crippen LogP contribution >= 0.6 is 11.8 Å². The van der Waals surface area contributed by atoms with Crippen LogP contribution in [0.5, 0.6) is 0 Å². The fourth-order valence-electron chi connectivity index (χ4n) is 1.44. The molecule has 1 aromatic carbocycles. The number of rotatable bonds is 4. The van der Waals surface area contributed by atoms with E-state index in [1.54, 1.807) is 10.9 Å². The topological polar surface area (TPSA) is 34.9 Å². The smallest absolute Gasteiger partial charge is 0.173 e. The number of Topliss-reactive ketones (excluding diaryl/α,β-unsaturated/α-hetero) is 1. The average molecular weight is 246 g/mol. The molecule has 2 aromatic rings. The fourth-order valence-corrected chi connectivity index (χ4v) is 2.26. The molecule has 4 heteroatoms. The molecule has 2 rings (SSSR count). The summed E-state index contributed by atoms with van der Waals surface area (Å²) in [6.45, 7) is 2.01. The minimum atomic E-state index is 0.152. The van der Waals surface area contributed by atoms with Crippen molar-refractivity contribution in [3.63, 3.8) is 0 Å². The summed E-state index contributed by atoms with van der Waals surface area (Å²) in [6, 6.07) is 7.67. The fraction of sp³-hybridized carbons (Fsp3) is 0.231. The van der Waals surface area contributed by atoms with E-state index in [0.717, 1.165) is 10.5 Å². The first-order chi connectivity index (χ1) is 8.15. The van der Waals surface area contributed by atoms with Crippen molar-refractivity contribution < 1.29 is 4.79 Å². The summed E-state index contributed by atoms with van der Waals surface area (Å²) in [4.78, 5) is 12.9. The number of hydrogen-bond acceptors (Lipinski definition) is 3. The first kappa shape index (κ1) is 11.9. The number of aryl methyl sites for hydroxylation is 2. The number of aromatic nitrogens is 2. The lowest BCUT2D eigenvalue weighted by Crippen LogP contribution is -2.01. The Hall–Kier alpha value is -1.55. The molecule has 3 nitrogen and oxygen atoms in total. The van der Waals surface area contributed by atoms with E-state index in [9.17, 15) is 4.79 Å². The van der Waals surface area contributed by atoms with Gasteiger partial charge in [0.2, 0.25) is 0 Å². The number of hydrogen-bond donors (Lipinski definition) is 0. The van der Waals surface area contributed by atoms with Gasteiger partial charge in [0.05, 0.1) is 11.9 Å². The molecule has 0 fully saturated rings. The number of nitrogens with zero attached hydrogens (tertiary/aromatic N) is 2. The molecule has 0 saturated heterocycles. The van der Waals surface area contributed by atoms with E-state index in [2.05, 4.69) is 5.10 Å². The van der Waals surface area contributed by atoms with Crippen molar-refractivity contribution in [2.45, 2.75) is 11.8 Å². The second kappa shape index (κ2) is 5.19. The summed E-state index contributed by atoms with van der Waals surface area (Å²) in [5.74, 6) is 0.605. The number of ketones is 1. The third-order valence-corrected chi connectivity index (χ3v) is 3.38. The Kier molecular flexibility index (Phi) is 3.64. The number of thioether (sulfide) groups is 1. The van der Waals surface area contributed by atoms with Gasteiger partial charge >= 0.3 is 0 Å². The molecule has 0 N–H and O–H groups in total. The van der Waals surface area contributed by atoms with Crippen molar-refractivity contribution in [2.24, 2.45) is 7.05 Å².